The Labute approximate surface area is 226 Å². The van der Waals surface area contributed by atoms with Crippen molar-refractivity contribution in [3.63, 3.8) is 0 Å². The number of anilines is 2. The lowest BCUT2D eigenvalue weighted by Crippen LogP contribution is -2.27. The van der Waals surface area contributed by atoms with Crippen LogP contribution in [0, 0.1) is 0 Å². The third-order valence-electron chi connectivity index (χ3n) is 5.90. The molecular weight excluding hydrogens is 522 g/mol. The van der Waals surface area contributed by atoms with Gasteiger partial charge in [-0.2, -0.15) is 0 Å². The van der Waals surface area contributed by atoms with Crippen LogP contribution in [0.25, 0.3) is 32.9 Å². The summed E-state index contributed by atoms with van der Waals surface area (Å²) >= 11 is 6.44. The minimum atomic E-state index is -3.82. The predicted octanol–water partition coefficient (Wildman–Crippen LogP) is 7.39. The maximum atomic E-state index is 13.5. The topological polar surface area (TPSA) is 81.5 Å². The average molecular weight is 548 g/mol. The van der Waals surface area contributed by atoms with Gasteiger partial charge in [0.1, 0.15) is 5.60 Å². The molecule has 0 atom stereocenters. The molecule has 0 bridgehead atoms. The molecule has 0 fully saturated rings. The Morgan fingerprint density at radius 3 is 2.18 bits per heavy atom. The minimum Gasteiger partial charge on any atom is -0.443 e. The smallest absolute Gasteiger partial charge is 0.419 e. The number of benzene rings is 3. The van der Waals surface area contributed by atoms with Gasteiger partial charge in [0, 0.05) is 21.4 Å². The van der Waals surface area contributed by atoms with Gasteiger partial charge in [-0.15, -0.1) is 0 Å². The highest BCUT2D eigenvalue weighted by Crippen LogP contribution is 2.44. The van der Waals surface area contributed by atoms with Crippen molar-refractivity contribution in [3.8, 4) is 11.1 Å². The molecule has 0 N–H and O–H groups in total. The van der Waals surface area contributed by atoms with Gasteiger partial charge in [0.2, 0.25) is 10.0 Å². The van der Waals surface area contributed by atoms with E-state index in [1.165, 1.54) is 15.1 Å². The molecule has 9 heteroatoms. The van der Waals surface area contributed by atoms with Crippen molar-refractivity contribution in [2.75, 3.05) is 10.6 Å². The largest absolute Gasteiger partial charge is 0.443 e. The standard InChI is InChI=1S/C29H26ClN3O4S/c1-29(2,3)37-28(34)32-23-16-15-20(30)17-22(23)26-24(32)18-31-27(25(26)19-11-7-5-8-12-19)33(38(4,35)36)21-13-9-6-10-14-21/h5-18H,1-4H3. The van der Waals surface area contributed by atoms with Crippen molar-refractivity contribution in [1.82, 2.24) is 9.55 Å². The number of ether oxygens (including phenoxy) is 1. The van der Waals surface area contributed by atoms with Crippen LogP contribution >= 0.6 is 11.6 Å². The SMILES string of the molecule is CC(C)(C)OC(=O)n1c2ccc(Cl)cc2c2c(-c3ccccc3)c(N(c3ccccc3)S(C)(=O)=O)ncc21. The van der Waals surface area contributed by atoms with Gasteiger partial charge in [0.15, 0.2) is 5.82 Å². The quantitative estimate of drug-likeness (QED) is 0.234. The lowest BCUT2D eigenvalue weighted by atomic mass is 10.00. The number of para-hydroxylation sites is 1. The zero-order valence-electron chi connectivity index (χ0n) is 21.3. The van der Waals surface area contributed by atoms with E-state index < -0.39 is 21.7 Å². The fraction of sp³-hybridized carbons (Fsp3) is 0.172. The summed E-state index contributed by atoms with van der Waals surface area (Å²) in [6.07, 6.45) is 2.08. The third kappa shape index (κ3) is 4.73. The Morgan fingerprint density at radius 1 is 0.947 bits per heavy atom. The molecule has 0 spiro atoms. The number of nitrogens with zero attached hydrogens (tertiary/aromatic N) is 3. The van der Waals surface area contributed by atoms with E-state index in [9.17, 15) is 13.2 Å². The van der Waals surface area contributed by atoms with Gasteiger partial charge in [0.05, 0.1) is 29.2 Å². The zero-order chi connectivity index (χ0) is 27.2. The summed E-state index contributed by atoms with van der Waals surface area (Å²) in [4.78, 5) is 18.1. The van der Waals surface area contributed by atoms with E-state index in [2.05, 4.69) is 4.98 Å². The van der Waals surface area contributed by atoms with Crippen LogP contribution in [0.4, 0.5) is 16.3 Å². The molecule has 5 rings (SSSR count). The molecule has 38 heavy (non-hydrogen) atoms. The van der Waals surface area contributed by atoms with Gasteiger partial charge in [-0.3, -0.25) is 0 Å². The Morgan fingerprint density at radius 2 is 1.58 bits per heavy atom. The van der Waals surface area contributed by atoms with Gasteiger partial charge in [-0.1, -0.05) is 60.1 Å². The second-order valence-electron chi connectivity index (χ2n) is 9.92. The van der Waals surface area contributed by atoms with Crippen LogP contribution in [0.1, 0.15) is 20.8 Å². The van der Waals surface area contributed by atoms with E-state index in [1.54, 1.807) is 63.2 Å². The van der Waals surface area contributed by atoms with Crippen molar-refractivity contribution in [2.45, 2.75) is 26.4 Å². The molecule has 0 aliphatic heterocycles. The van der Waals surface area contributed by atoms with E-state index in [-0.39, 0.29) is 5.82 Å². The van der Waals surface area contributed by atoms with E-state index in [1.807, 2.05) is 36.4 Å². The van der Waals surface area contributed by atoms with E-state index in [4.69, 9.17) is 16.3 Å². The number of fused-ring (bicyclic) bond motifs is 3. The monoisotopic (exact) mass is 547 g/mol. The van der Waals surface area contributed by atoms with Gasteiger partial charge >= 0.3 is 6.09 Å². The summed E-state index contributed by atoms with van der Waals surface area (Å²) in [7, 11) is -3.82. The number of carbonyl (C=O) groups excluding carboxylic acids is 1. The second-order valence-corrected chi connectivity index (χ2v) is 12.2. The Bertz CT molecular complexity index is 1780. The fourth-order valence-corrected chi connectivity index (χ4v) is 5.67. The molecule has 0 aliphatic rings. The number of pyridine rings is 1. The van der Waals surface area contributed by atoms with Crippen LogP contribution in [-0.2, 0) is 14.8 Å². The van der Waals surface area contributed by atoms with E-state index >= 15 is 0 Å². The van der Waals surface area contributed by atoms with Crippen LogP contribution in [0.3, 0.4) is 0 Å². The highest BCUT2D eigenvalue weighted by atomic mass is 35.5. The van der Waals surface area contributed by atoms with Gasteiger partial charge in [-0.05, 0) is 56.7 Å². The maximum Gasteiger partial charge on any atom is 0.419 e. The van der Waals surface area contributed by atoms with Crippen LogP contribution < -0.4 is 4.31 Å². The molecule has 7 nitrogen and oxygen atoms in total. The first-order valence-corrected chi connectivity index (χ1v) is 14.1. The lowest BCUT2D eigenvalue weighted by molar-refractivity contribution is 0.0551. The van der Waals surface area contributed by atoms with Crippen LogP contribution in [-0.4, -0.2) is 35.9 Å². The molecule has 2 heterocycles. The zero-order valence-corrected chi connectivity index (χ0v) is 22.9. The van der Waals surface area contributed by atoms with Gasteiger partial charge in [-0.25, -0.2) is 27.1 Å². The third-order valence-corrected chi connectivity index (χ3v) is 7.18. The summed E-state index contributed by atoms with van der Waals surface area (Å²) in [5.74, 6) is 0.209. The highest BCUT2D eigenvalue weighted by Gasteiger charge is 2.30. The minimum absolute atomic E-state index is 0.209. The summed E-state index contributed by atoms with van der Waals surface area (Å²) in [5.41, 5.74) is 2.02. The molecule has 0 amide bonds. The molecular formula is C29H26ClN3O4S. The molecule has 2 aromatic heterocycles. The van der Waals surface area contributed by atoms with Crippen molar-refractivity contribution >= 4 is 61.0 Å². The van der Waals surface area contributed by atoms with Gasteiger partial charge < -0.3 is 4.74 Å². The first-order chi connectivity index (χ1) is 18.0. The van der Waals surface area contributed by atoms with Crippen molar-refractivity contribution < 1.29 is 17.9 Å². The Balaban J connectivity index is 1.96. The first-order valence-electron chi connectivity index (χ1n) is 11.9. The number of aromatic nitrogens is 2. The lowest BCUT2D eigenvalue weighted by Gasteiger charge is -2.25. The molecule has 5 aromatic rings. The Kier molecular flexibility index (Phi) is 6.41. The Hall–Kier alpha value is -3.88. The highest BCUT2D eigenvalue weighted by molar-refractivity contribution is 7.92. The number of rotatable bonds is 4. The van der Waals surface area contributed by atoms with Crippen molar-refractivity contribution in [2.24, 2.45) is 0 Å². The summed E-state index contributed by atoms with van der Waals surface area (Å²) in [6.45, 7) is 5.39. The van der Waals surface area contributed by atoms with E-state index in [0.717, 1.165) is 11.8 Å². The molecule has 0 radical (unpaired) electrons. The molecule has 0 unspecified atom stereocenters. The molecule has 0 saturated heterocycles. The number of halogens is 1. The summed E-state index contributed by atoms with van der Waals surface area (Å²) in [5, 5.41) is 1.78. The number of hydrogen-bond donors (Lipinski definition) is 0. The fourth-order valence-electron chi connectivity index (χ4n) is 4.54. The van der Waals surface area contributed by atoms with Crippen LogP contribution in [0.2, 0.25) is 5.02 Å². The number of carbonyl (C=O) groups is 1. The first kappa shape index (κ1) is 25.8. The maximum absolute atomic E-state index is 13.5. The summed E-state index contributed by atoms with van der Waals surface area (Å²) < 4.78 is 34.9. The van der Waals surface area contributed by atoms with Gasteiger partial charge in [0.25, 0.3) is 0 Å². The van der Waals surface area contributed by atoms with Crippen LogP contribution in [0.15, 0.2) is 85.1 Å². The molecule has 0 aliphatic carbocycles. The molecule has 194 valence electrons. The normalized spacial score (nSPS) is 12.1. The number of hydrogen-bond acceptors (Lipinski definition) is 5. The predicted molar refractivity (Wildman–Crippen MR) is 153 cm³/mol. The number of sulfonamides is 1. The van der Waals surface area contributed by atoms with Crippen molar-refractivity contribution in [3.05, 3.63) is 90.1 Å². The molecule has 3 aromatic carbocycles. The van der Waals surface area contributed by atoms with Crippen molar-refractivity contribution in [1.29, 1.82) is 0 Å². The van der Waals surface area contributed by atoms with E-state index in [0.29, 0.717) is 38.1 Å². The molecule has 0 saturated carbocycles. The summed E-state index contributed by atoms with van der Waals surface area (Å²) in [6, 6.07) is 23.4. The van der Waals surface area contributed by atoms with Crippen LogP contribution in [0.5, 0.6) is 0 Å². The second kappa shape index (κ2) is 9.45. The average Bonchev–Trinajstić information content (AvgIpc) is 3.17.